The van der Waals surface area contributed by atoms with Gasteiger partial charge in [0, 0.05) is 0 Å². The number of nitrogens with zero attached hydrogens (tertiary/aromatic N) is 1. The minimum absolute atomic E-state index is 0.115. The average Bonchev–Trinajstić information content (AvgIpc) is 2.69. The van der Waals surface area contributed by atoms with Gasteiger partial charge in [0.25, 0.3) is 0 Å². The zero-order valence-electron chi connectivity index (χ0n) is 9.48. The van der Waals surface area contributed by atoms with Crippen molar-refractivity contribution in [2.24, 2.45) is 0 Å². The van der Waals surface area contributed by atoms with Crippen LogP contribution in [-0.2, 0) is 9.53 Å². The molecule has 0 bridgehead atoms. The summed E-state index contributed by atoms with van der Waals surface area (Å²) in [6.07, 6.45) is -0.516. The molecular weight excluding hydrogens is 241 g/mol. The summed E-state index contributed by atoms with van der Waals surface area (Å²) in [6.45, 7) is 0.547. The number of nitrogens with two attached hydrogens (primary N) is 1. The van der Waals surface area contributed by atoms with Crippen LogP contribution in [0.25, 0.3) is 0 Å². The van der Waals surface area contributed by atoms with E-state index in [1.807, 2.05) is 0 Å². The number of benzene rings is 1. The Hall–Kier alpha value is -2.31. The molecule has 1 aliphatic rings. The van der Waals surface area contributed by atoms with E-state index < -0.39 is 17.8 Å². The molecule has 96 valence electrons. The molecule has 18 heavy (non-hydrogen) atoms. The van der Waals surface area contributed by atoms with Crippen molar-refractivity contribution in [1.82, 2.24) is 4.90 Å². The molecule has 2 amide bonds. The summed E-state index contributed by atoms with van der Waals surface area (Å²) in [6, 6.07) is 3.67. The van der Waals surface area contributed by atoms with E-state index in [4.69, 9.17) is 5.73 Å². The number of halogens is 1. The number of hydrogen-bond donors (Lipinski definition) is 2. The monoisotopic (exact) mass is 253 g/mol. The smallest absolute Gasteiger partial charge is 0.410 e. The molecule has 2 rings (SSSR count). The Morgan fingerprint density at radius 3 is 2.94 bits per heavy atom. The van der Waals surface area contributed by atoms with Gasteiger partial charge in [0.2, 0.25) is 5.91 Å². The predicted octanol–water partition coefficient (Wildman–Crippen LogP) is 0.799. The standard InChI is InChI=1S/C11H12FN3O3/c12-7-1-2-9(8(13)5-7)14-10(16)6-15-3-4-18-11(15)17/h1-2,5H,3-4,6,13H2,(H,14,16). The van der Waals surface area contributed by atoms with Crippen LogP contribution in [0.15, 0.2) is 18.2 Å². The SMILES string of the molecule is Nc1cc(F)ccc1NC(=O)CN1CCOC1=O. The minimum atomic E-state index is -0.516. The first-order valence-corrected chi connectivity index (χ1v) is 5.33. The lowest BCUT2D eigenvalue weighted by Crippen LogP contribution is -2.33. The largest absolute Gasteiger partial charge is 0.448 e. The summed E-state index contributed by atoms with van der Waals surface area (Å²) in [5.74, 6) is -0.888. The number of amides is 2. The fraction of sp³-hybridized carbons (Fsp3) is 0.273. The molecule has 0 atom stereocenters. The number of cyclic esters (lactones) is 1. The topological polar surface area (TPSA) is 84.7 Å². The molecule has 7 heteroatoms. The third-order valence-corrected chi connectivity index (χ3v) is 2.47. The number of carbonyl (C=O) groups excluding carboxylic acids is 2. The predicted molar refractivity (Wildman–Crippen MR) is 62.4 cm³/mol. The molecule has 0 spiro atoms. The van der Waals surface area contributed by atoms with Crippen molar-refractivity contribution in [3.05, 3.63) is 24.0 Å². The highest BCUT2D eigenvalue weighted by Gasteiger charge is 2.24. The van der Waals surface area contributed by atoms with Crippen LogP contribution in [0.3, 0.4) is 0 Å². The van der Waals surface area contributed by atoms with Crippen LogP contribution < -0.4 is 11.1 Å². The summed E-state index contributed by atoms with van der Waals surface area (Å²) in [5.41, 5.74) is 5.99. The maximum absolute atomic E-state index is 12.8. The lowest BCUT2D eigenvalue weighted by Gasteiger charge is -2.13. The molecule has 0 aliphatic carbocycles. The van der Waals surface area contributed by atoms with E-state index >= 15 is 0 Å². The fourth-order valence-corrected chi connectivity index (χ4v) is 1.58. The number of ether oxygens (including phenoxy) is 1. The highest BCUT2D eigenvalue weighted by atomic mass is 19.1. The van der Waals surface area contributed by atoms with E-state index in [9.17, 15) is 14.0 Å². The number of anilines is 2. The van der Waals surface area contributed by atoms with Gasteiger partial charge in [-0.25, -0.2) is 9.18 Å². The Morgan fingerprint density at radius 1 is 1.56 bits per heavy atom. The Kier molecular flexibility index (Phi) is 3.31. The summed E-state index contributed by atoms with van der Waals surface area (Å²) < 4.78 is 17.5. The van der Waals surface area contributed by atoms with Crippen LogP contribution in [0.5, 0.6) is 0 Å². The number of rotatable bonds is 3. The molecule has 3 N–H and O–H groups in total. The summed E-state index contributed by atoms with van der Waals surface area (Å²) >= 11 is 0. The molecule has 0 radical (unpaired) electrons. The van der Waals surface area contributed by atoms with Crippen molar-refractivity contribution in [2.45, 2.75) is 0 Å². The third kappa shape index (κ3) is 2.68. The number of hydrogen-bond acceptors (Lipinski definition) is 4. The van der Waals surface area contributed by atoms with Gasteiger partial charge < -0.3 is 15.8 Å². The van der Waals surface area contributed by atoms with Crippen LogP contribution in [0.1, 0.15) is 0 Å². The Balaban J connectivity index is 1.96. The molecule has 6 nitrogen and oxygen atoms in total. The summed E-state index contributed by atoms with van der Waals surface area (Å²) in [5, 5.41) is 2.50. The van der Waals surface area contributed by atoms with E-state index in [1.54, 1.807) is 0 Å². The second-order valence-corrected chi connectivity index (χ2v) is 3.82. The van der Waals surface area contributed by atoms with E-state index in [0.717, 1.165) is 6.07 Å². The van der Waals surface area contributed by atoms with Crippen molar-refractivity contribution in [3.8, 4) is 0 Å². The normalized spacial score (nSPS) is 14.5. The van der Waals surface area contributed by atoms with Crippen molar-refractivity contribution in [3.63, 3.8) is 0 Å². The summed E-state index contributed by atoms with van der Waals surface area (Å²) in [4.78, 5) is 24.0. The third-order valence-electron chi connectivity index (χ3n) is 2.47. The van der Waals surface area contributed by atoms with Gasteiger partial charge in [0.05, 0.1) is 17.9 Å². The molecule has 1 aromatic rings. The van der Waals surface area contributed by atoms with Crippen molar-refractivity contribution < 1.29 is 18.7 Å². The van der Waals surface area contributed by atoms with Crippen molar-refractivity contribution in [1.29, 1.82) is 0 Å². The lowest BCUT2D eigenvalue weighted by molar-refractivity contribution is -0.116. The van der Waals surface area contributed by atoms with Gasteiger partial charge in [0.1, 0.15) is 19.0 Å². The highest BCUT2D eigenvalue weighted by molar-refractivity contribution is 5.96. The first-order chi connectivity index (χ1) is 8.56. The Labute approximate surface area is 103 Å². The van der Waals surface area contributed by atoms with Crippen LogP contribution in [0, 0.1) is 5.82 Å². The van der Waals surface area contributed by atoms with Gasteiger partial charge >= 0.3 is 6.09 Å². The van der Waals surface area contributed by atoms with E-state index in [0.29, 0.717) is 12.2 Å². The van der Waals surface area contributed by atoms with E-state index in [1.165, 1.54) is 17.0 Å². The van der Waals surface area contributed by atoms with Gasteiger partial charge in [-0.15, -0.1) is 0 Å². The second kappa shape index (κ2) is 4.91. The second-order valence-electron chi connectivity index (χ2n) is 3.82. The van der Waals surface area contributed by atoms with Crippen LogP contribution in [0.4, 0.5) is 20.6 Å². The molecule has 1 aliphatic heterocycles. The zero-order valence-corrected chi connectivity index (χ0v) is 9.48. The number of nitrogens with one attached hydrogen (secondary N) is 1. The highest BCUT2D eigenvalue weighted by Crippen LogP contribution is 2.19. The van der Waals surface area contributed by atoms with Crippen molar-refractivity contribution in [2.75, 3.05) is 30.7 Å². The molecule has 0 saturated carbocycles. The maximum Gasteiger partial charge on any atom is 0.410 e. The van der Waals surface area contributed by atoms with Gasteiger partial charge in [-0.3, -0.25) is 9.69 Å². The number of nitrogen functional groups attached to an aromatic ring is 1. The zero-order chi connectivity index (χ0) is 13.1. The Morgan fingerprint density at radius 2 is 2.33 bits per heavy atom. The molecule has 1 heterocycles. The Bertz CT molecular complexity index is 492. The fourth-order valence-electron chi connectivity index (χ4n) is 1.58. The summed E-state index contributed by atoms with van der Waals surface area (Å²) in [7, 11) is 0. The van der Waals surface area contributed by atoms with E-state index in [-0.39, 0.29) is 18.8 Å². The molecule has 1 aromatic carbocycles. The molecule has 0 unspecified atom stereocenters. The average molecular weight is 253 g/mol. The van der Waals surface area contributed by atoms with Gasteiger partial charge in [-0.2, -0.15) is 0 Å². The maximum atomic E-state index is 12.8. The first-order valence-electron chi connectivity index (χ1n) is 5.33. The van der Waals surface area contributed by atoms with Crippen molar-refractivity contribution >= 4 is 23.4 Å². The molecule has 1 saturated heterocycles. The van der Waals surface area contributed by atoms with E-state index in [2.05, 4.69) is 10.1 Å². The minimum Gasteiger partial charge on any atom is -0.448 e. The lowest BCUT2D eigenvalue weighted by atomic mass is 10.2. The van der Waals surface area contributed by atoms with Gasteiger partial charge in [0.15, 0.2) is 0 Å². The van der Waals surface area contributed by atoms with Gasteiger partial charge in [-0.1, -0.05) is 0 Å². The number of carbonyl (C=O) groups is 2. The quantitative estimate of drug-likeness (QED) is 0.780. The molecule has 1 fully saturated rings. The van der Waals surface area contributed by atoms with Crippen LogP contribution in [-0.4, -0.2) is 36.6 Å². The van der Waals surface area contributed by atoms with Crippen LogP contribution in [0.2, 0.25) is 0 Å². The molecular formula is C11H12FN3O3. The van der Waals surface area contributed by atoms with Crippen LogP contribution >= 0.6 is 0 Å². The molecule has 0 aromatic heterocycles. The first kappa shape index (κ1) is 12.2. The van der Waals surface area contributed by atoms with Gasteiger partial charge in [-0.05, 0) is 18.2 Å².